The summed E-state index contributed by atoms with van der Waals surface area (Å²) in [7, 11) is 0. The number of amides is 2. The number of imidazole rings is 1. The van der Waals surface area contributed by atoms with Gasteiger partial charge in [0.1, 0.15) is 22.9 Å². The maximum absolute atomic E-state index is 12.3. The maximum atomic E-state index is 12.3. The van der Waals surface area contributed by atoms with Crippen LogP contribution in [0.2, 0.25) is 0 Å². The number of hydrogen-bond acceptors (Lipinski definition) is 7. The van der Waals surface area contributed by atoms with Gasteiger partial charge in [-0.05, 0) is 42.7 Å². The molecule has 0 radical (unpaired) electrons. The van der Waals surface area contributed by atoms with Gasteiger partial charge in [0.25, 0.3) is 0 Å². The number of anilines is 2. The normalized spacial score (nSPS) is 13.5. The minimum Gasteiger partial charge on any atom is -0.493 e. The lowest BCUT2D eigenvalue weighted by molar-refractivity contribution is 0.0358. The molecule has 1 aliphatic heterocycles. The van der Waals surface area contributed by atoms with E-state index >= 15 is 0 Å². The van der Waals surface area contributed by atoms with Crippen LogP contribution in [0.25, 0.3) is 5.65 Å². The van der Waals surface area contributed by atoms with Crippen LogP contribution in [0.4, 0.5) is 16.3 Å². The second-order valence-corrected chi connectivity index (χ2v) is 10.6. The van der Waals surface area contributed by atoms with E-state index in [9.17, 15) is 4.79 Å². The number of aromatic nitrogens is 3. The number of nitrogens with zero attached hydrogens (tertiary/aromatic N) is 4. The lowest BCUT2D eigenvalue weighted by Crippen LogP contribution is -2.37. The second-order valence-electron chi connectivity index (χ2n) is 10.6. The molecule has 222 valence electrons. The average molecular weight is 573 g/mol. The Hall–Kier alpha value is -4.33. The lowest BCUT2D eigenvalue weighted by Gasteiger charge is -2.26. The van der Waals surface area contributed by atoms with E-state index in [1.807, 2.05) is 75.7 Å². The Balaban J connectivity index is 0.00000198. The maximum Gasteiger partial charge on any atom is 0.324 e. The molecule has 1 saturated heterocycles. The van der Waals surface area contributed by atoms with E-state index in [0.717, 1.165) is 56.2 Å². The van der Waals surface area contributed by atoms with Crippen LogP contribution >= 0.6 is 0 Å². The van der Waals surface area contributed by atoms with Crippen molar-refractivity contribution in [2.24, 2.45) is 0 Å². The lowest BCUT2D eigenvalue weighted by atomic mass is 9.93. The first-order chi connectivity index (χ1) is 20.3. The summed E-state index contributed by atoms with van der Waals surface area (Å²) >= 11 is 0. The molecule has 0 aliphatic carbocycles. The molecule has 42 heavy (non-hydrogen) atoms. The number of carbonyl (C=O) groups excluding carboxylic acids is 1. The molecule has 10 heteroatoms. The summed E-state index contributed by atoms with van der Waals surface area (Å²) in [5.74, 6) is 8.09. The fraction of sp³-hybridized carbons (Fsp3) is 0.406. The van der Waals surface area contributed by atoms with Gasteiger partial charge in [0.05, 0.1) is 19.8 Å². The summed E-state index contributed by atoms with van der Waals surface area (Å²) in [6, 6.07) is 12.4. The molecule has 2 amide bonds. The van der Waals surface area contributed by atoms with Gasteiger partial charge in [0.2, 0.25) is 0 Å². The minimum absolute atomic E-state index is 0.190. The van der Waals surface area contributed by atoms with Crippen LogP contribution in [-0.4, -0.2) is 64.9 Å². The van der Waals surface area contributed by atoms with Crippen molar-refractivity contribution in [1.82, 2.24) is 19.4 Å². The third kappa shape index (κ3) is 8.83. The van der Waals surface area contributed by atoms with Crippen molar-refractivity contribution >= 4 is 23.2 Å². The molecule has 1 aromatic carbocycles. The smallest absolute Gasteiger partial charge is 0.324 e. The molecule has 0 atom stereocenters. The highest BCUT2D eigenvalue weighted by Crippen LogP contribution is 2.24. The van der Waals surface area contributed by atoms with Crippen molar-refractivity contribution < 1.29 is 18.8 Å². The summed E-state index contributed by atoms with van der Waals surface area (Å²) in [5.41, 5.74) is 2.69. The molecule has 10 nitrogen and oxygen atoms in total. The van der Waals surface area contributed by atoms with Crippen LogP contribution in [0.1, 0.15) is 58.1 Å². The summed E-state index contributed by atoms with van der Waals surface area (Å²) in [4.78, 5) is 19.3. The molecular formula is C32H40N6O4. The van der Waals surface area contributed by atoms with Crippen molar-refractivity contribution in [2.45, 2.75) is 46.5 Å². The predicted molar refractivity (Wildman–Crippen MR) is 164 cm³/mol. The Labute approximate surface area is 247 Å². The van der Waals surface area contributed by atoms with Gasteiger partial charge in [-0.15, -0.1) is 0 Å². The van der Waals surface area contributed by atoms with E-state index in [0.29, 0.717) is 29.6 Å². The fourth-order valence-corrected chi connectivity index (χ4v) is 4.16. The van der Waals surface area contributed by atoms with Crippen LogP contribution < -0.4 is 15.4 Å². The van der Waals surface area contributed by atoms with Crippen molar-refractivity contribution in [2.75, 3.05) is 50.1 Å². The number of ether oxygens (including phenoxy) is 2. The van der Waals surface area contributed by atoms with Gasteiger partial charge in [-0.2, -0.15) is 0 Å². The summed E-state index contributed by atoms with van der Waals surface area (Å²) in [6.07, 6.45) is 4.79. The number of urea groups is 1. The van der Waals surface area contributed by atoms with Gasteiger partial charge in [-0.1, -0.05) is 45.7 Å². The van der Waals surface area contributed by atoms with Crippen LogP contribution in [0.15, 0.2) is 59.4 Å². The zero-order valence-electron chi connectivity index (χ0n) is 25.1. The minimum atomic E-state index is -0.405. The van der Waals surface area contributed by atoms with E-state index in [-0.39, 0.29) is 5.41 Å². The predicted octanol–water partition coefficient (Wildman–Crippen LogP) is 5.79. The number of nitrogens with one attached hydrogen (secondary N) is 2. The van der Waals surface area contributed by atoms with Crippen LogP contribution in [-0.2, 0) is 10.2 Å². The number of carbonyl (C=O) groups is 1. The first-order valence-corrected chi connectivity index (χ1v) is 14.4. The van der Waals surface area contributed by atoms with E-state index in [4.69, 9.17) is 14.0 Å². The third-order valence-electron chi connectivity index (χ3n) is 6.39. The van der Waals surface area contributed by atoms with Gasteiger partial charge >= 0.3 is 6.03 Å². The van der Waals surface area contributed by atoms with Crippen molar-refractivity contribution in [3.05, 3.63) is 71.9 Å². The van der Waals surface area contributed by atoms with E-state index in [1.54, 1.807) is 18.2 Å². The first kappa shape index (κ1) is 30.6. The highest BCUT2D eigenvalue weighted by atomic mass is 16.5. The van der Waals surface area contributed by atoms with Gasteiger partial charge < -0.3 is 23.7 Å². The standard InChI is InChI=1S/C30H34N6O4.C2H6/c1-30(2,3)26-20-27(34-40-26)33-29(37)32-23-8-5-22(6-9-23)7-10-24-21-36-13-11-25(19-28(36)31-24)39-16-4-12-35-14-17-38-18-15-35;1-2/h5-6,8-9,11,13,19-21H,4,12,14-18H2,1-3H3,(H2,32,33,34,37);1-2H3. The Morgan fingerprint density at radius 2 is 1.81 bits per heavy atom. The Kier molecular flexibility index (Phi) is 10.6. The molecule has 2 N–H and O–H groups in total. The van der Waals surface area contributed by atoms with Crippen LogP contribution in [0.3, 0.4) is 0 Å². The van der Waals surface area contributed by atoms with Gasteiger partial charge in [-0.25, -0.2) is 9.78 Å². The van der Waals surface area contributed by atoms with Crippen LogP contribution in [0.5, 0.6) is 5.75 Å². The molecular weight excluding hydrogens is 532 g/mol. The molecule has 1 fully saturated rings. The molecule has 3 aromatic heterocycles. The van der Waals surface area contributed by atoms with Crippen molar-refractivity contribution in [3.63, 3.8) is 0 Å². The Bertz CT molecular complexity index is 1500. The first-order valence-electron chi connectivity index (χ1n) is 14.4. The Morgan fingerprint density at radius 3 is 2.52 bits per heavy atom. The second kappa shape index (κ2) is 14.5. The van der Waals surface area contributed by atoms with E-state index < -0.39 is 6.03 Å². The summed E-state index contributed by atoms with van der Waals surface area (Å²) in [5, 5.41) is 9.36. The number of pyridine rings is 1. The molecule has 0 saturated carbocycles. The highest BCUT2D eigenvalue weighted by Gasteiger charge is 2.20. The fourth-order valence-electron chi connectivity index (χ4n) is 4.16. The molecule has 1 aliphatic rings. The zero-order chi connectivity index (χ0) is 30.0. The number of morpholine rings is 1. The van der Waals surface area contributed by atoms with Gasteiger partial charge in [-0.3, -0.25) is 10.2 Å². The van der Waals surface area contributed by atoms with Gasteiger partial charge in [0, 0.05) is 60.8 Å². The van der Waals surface area contributed by atoms with Crippen LogP contribution in [0, 0.1) is 11.8 Å². The van der Waals surface area contributed by atoms with Crippen molar-refractivity contribution in [1.29, 1.82) is 0 Å². The molecule has 0 unspecified atom stereocenters. The highest BCUT2D eigenvalue weighted by molar-refractivity contribution is 5.99. The molecule has 0 bridgehead atoms. The summed E-state index contributed by atoms with van der Waals surface area (Å²) < 4.78 is 18.6. The molecule has 4 heterocycles. The quantitative estimate of drug-likeness (QED) is 0.213. The summed E-state index contributed by atoms with van der Waals surface area (Å²) in [6.45, 7) is 15.3. The molecule has 4 aromatic rings. The Morgan fingerprint density at radius 1 is 1.05 bits per heavy atom. The largest absolute Gasteiger partial charge is 0.493 e. The number of rotatable bonds is 7. The number of fused-ring (bicyclic) bond motifs is 1. The molecule has 5 rings (SSSR count). The molecule has 0 spiro atoms. The monoisotopic (exact) mass is 572 g/mol. The average Bonchev–Trinajstić information content (AvgIpc) is 3.63. The third-order valence-corrected chi connectivity index (χ3v) is 6.39. The van der Waals surface area contributed by atoms with E-state index in [2.05, 4.69) is 37.5 Å². The van der Waals surface area contributed by atoms with Crippen molar-refractivity contribution in [3.8, 4) is 17.6 Å². The number of benzene rings is 1. The van der Waals surface area contributed by atoms with E-state index in [1.165, 1.54) is 0 Å². The SMILES string of the molecule is CC.CC(C)(C)c1cc(NC(=O)Nc2ccc(C#Cc3cn4ccc(OCCCN5CCOCC5)cc4n3)cc2)no1. The number of hydrogen-bond donors (Lipinski definition) is 2. The topological polar surface area (TPSA) is 106 Å². The zero-order valence-corrected chi connectivity index (χ0v) is 25.1. The van der Waals surface area contributed by atoms with Gasteiger partial charge in [0.15, 0.2) is 5.82 Å².